The summed E-state index contributed by atoms with van der Waals surface area (Å²) in [6.45, 7) is 0. The van der Waals surface area contributed by atoms with Gasteiger partial charge in [-0.1, -0.05) is 0 Å². The first-order valence-electron chi connectivity index (χ1n) is 5.15. The quantitative estimate of drug-likeness (QED) is 0.740. The van der Waals surface area contributed by atoms with Crippen molar-refractivity contribution in [2.45, 2.75) is 31.6 Å². The van der Waals surface area contributed by atoms with E-state index in [-0.39, 0.29) is 0 Å². The lowest BCUT2D eigenvalue weighted by Crippen LogP contribution is -2.04. The molecule has 0 aromatic carbocycles. The van der Waals surface area contributed by atoms with Crippen molar-refractivity contribution in [2.24, 2.45) is 11.8 Å². The van der Waals surface area contributed by atoms with Crippen LogP contribution in [-0.2, 0) is 0 Å². The van der Waals surface area contributed by atoms with Crippen molar-refractivity contribution >= 4 is 5.82 Å². The molecule has 3 nitrogen and oxygen atoms in total. The van der Waals surface area contributed by atoms with Crippen molar-refractivity contribution < 1.29 is 0 Å². The normalized spacial score (nSPS) is 22.5. The standard InChI is InChI=1S/C10H15N3/c11-9-5-8(12-13-9)10(6-1-2-6)7-3-4-7/h5-7,10H,1-4H2,(H3,11,12,13). The molecule has 2 fully saturated rings. The maximum Gasteiger partial charge on any atom is 0.145 e. The number of aromatic nitrogens is 2. The summed E-state index contributed by atoms with van der Waals surface area (Å²) in [4.78, 5) is 0. The monoisotopic (exact) mass is 177 g/mol. The van der Waals surface area contributed by atoms with Gasteiger partial charge in [0.2, 0.25) is 0 Å². The molecule has 0 radical (unpaired) electrons. The molecule has 0 unspecified atom stereocenters. The lowest BCUT2D eigenvalue weighted by Gasteiger charge is -2.11. The first-order chi connectivity index (χ1) is 6.34. The summed E-state index contributed by atoms with van der Waals surface area (Å²) >= 11 is 0. The van der Waals surface area contributed by atoms with Crippen molar-refractivity contribution in [3.8, 4) is 0 Å². The number of H-pyrrole nitrogens is 1. The smallest absolute Gasteiger partial charge is 0.145 e. The number of nitrogen functional groups attached to an aromatic ring is 1. The molecule has 0 bridgehead atoms. The van der Waals surface area contributed by atoms with E-state index in [1.807, 2.05) is 6.07 Å². The fourth-order valence-electron chi connectivity index (χ4n) is 2.33. The summed E-state index contributed by atoms with van der Waals surface area (Å²) in [5, 5.41) is 7.08. The first-order valence-corrected chi connectivity index (χ1v) is 5.15. The number of nitrogens with zero attached hydrogens (tertiary/aromatic N) is 1. The van der Waals surface area contributed by atoms with Crippen molar-refractivity contribution in [1.82, 2.24) is 10.2 Å². The molecule has 0 atom stereocenters. The number of nitrogens with one attached hydrogen (secondary N) is 1. The number of hydrogen-bond donors (Lipinski definition) is 2. The van der Waals surface area contributed by atoms with Gasteiger partial charge in [-0.2, -0.15) is 5.10 Å². The van der Waals surface area contributed by atoms with E-state index in [0.29, 0.717) is 5.82 Å². The number of rotatable bonds is 3. The van der Waals surface area contributed by atoms with E-state index in [4.69, 9.17) is 5.73 Å². The average Bonchev–Trinajstić information content (AvgIpc) is 2.95. The molecule has 1 heterocycles. The van der Waals surface area contributed by atoms with Crippen LogP contribution in [0.25, 0.3) is 0 Å². The molecule has 1 aromatic rings. The fourth-order valence-corrected chi connectivity index (χ4v) is 2.33. The van der Waals surface area contributed by atoms with Gasteiger partial charge in [-0.25, -0.2) is 0 Å². The molecule has 3 N–H and O–H groups in total. The summed E-state index contributed by atoms with van der Waals surface area (Å²) in [5.74, 6) is 3.23. The van der Waals surface area contributed by atoms with Crippen LogP contribution in [0.1, 0.15) is 37.3 Å². The molecule has 0 saturated heterocycles. The van der Waals surface area contributed by atoms with Gasteiger partial charge in [-0.3, -0.25) is 5.10 Å². The van der Waals surface area contributed by atoms with Gasteiger partial charge in [0, 0.05) is 17.7 Å². The average molecular weight is 177 g/mol. The molecule has 13 heavy (non-hydrogen) atoms. The SMILES string of the molecule is Nc1cc(C(C2CC2)C2CC2)[nH]n1. The Hall–Kier alpha value is -0.990. The molecule has 0 aliphatic heterocycles. The highest BCUT2D eigenvalue weighted by molar-refractivity contribution is 5.31. The fraction of sp³-hybridized carbons (Fsp3) is 0.700. The first kappa shape index (κ1) is 7.42. The van der Waals surface area contributed by atoms with Gasteiger partial charge in [-0.15, -0.1) is 0 Å². The molecule has 70 valence electrons. The van der Waals surface area contributed by atoms with E-state index < -0.39 is 0 Å². The predicted molar refractivity (Wildman–Crippen MR) is 51.2 cm³/mol. The molecule has 0 spiro atoms. The third-order valence-electron chi connectivity index (χ3n) is 3.24. The second-order valence-electron chi connectivity index (χ2n) is 4.45. The lowest BCUT2D eigenvalue weighted by molar-refractivity contribution is 0.523. The summed E-state index contributed by atoms with van der Waals surface area (Å²) in [5.41, 5.74) is 6.90. The summed E-state index contributed by atoms with van der Waals surface area (Å²) in [7, 11) is 0. The van der Waals surface area contributed by atoms with Crippen molar-refractivity contribution in [2.75, 3.05) is 5.73 Å². The van der Waals surface area contributed by atoms with Crippen LogP contribution >= 0.6 is 0 Å². The van der Waals surface area contributed by atoms with E-state index in [2.05, 4.69) is 10.2 Å². The van der Waals surface area contributed by atoms with Crippen molar-refractivity contribution in [3.63, 3.8) is 0 Å². The van der Waals surface area contributed by atoms with E-state index >= 15 is 0 Å². The van der Waals surface area contributed by atoms with Gasteiger partial charge in [0.15, 0.2) is 0 Å². The van der Waals surface area contributed by atoms with Crippen molar-refractivity contribution in [1.29, 1.82) is 0 Å². The third-order valence-corrected chi connectivity index (χ3v) is 3.24. The van der Waals surface area contributed by atoms with E-state index in [1.54, 1.807) is 0 Å². The highest BCUT2D eigenvalue weighted by Crippen LogP contribution is 2.54. The highest BCUT2D eigenvalue weighted by Gasteiger charge is 2.43. The van der Waals surface area contributed by atoms with E-state index in [1.165, 1.54) is 31.4 Å². The van der Waals surface area contributed by atoms with Crippen LogP contribution in [0.15, 0.2) is 6.07 Å². The minimum Gasteiger partial charge on any atom is -0.382 e. The Morgan fingerprint density at radius 3 is 2.31 bits per heavy atom. The number of aromatic amines is 1. The molecule has 2 aliphatic carbocycles. The Morgan fingerprint density at radius 1 is 1.31 bits per heavy atom. The molecular weight excluding hydrogens is 162 g/mol. The lowest BCUT2D eigenvalue weighted by atomic mass is 9.94. The molecule has 2 saturated carbocycles. The maximum atomic E-state index is 5.62. The predicted octanol–water partition coefficient (Wildman–Crippen LogP) is 1.90. The minimum atomic E-state index is 0.640. The minimum absolute atomic E-state index is 0.640. The van der Waals surface area contributed by atoms with Gasteiger partial charge in [0.1, 0.15) is 5.82 Å². The summed E-state index contributed by atoms with van der Waals surface area (Å²) < 4.78 is 0. The topological polar surface area (TPSA) is 54.7 Å². The van der Waals surface area contributed by atoms with Crippen LogP contribution in [-0.4, -0.2) is 10.2 Å². The maximum absolute atomic E-state index is 5.62. The van der Waals surface area contributed by atoms with E-state index in [9.17, 15) is 0 Å². The van der Waals surface area contributed by atoms with E-state index in [0.717, 1.165) is 17.8 Å². The zero-order valence-corrected chi connectivity index (χ0v) is 7.66. The Labute approximate surface area is 77.7 Å². The molecule has 3 rings (SSSR count). The van der Waals surface area contributed by atoms with Gasteiger partial charge >= 0.3 is 0 Å². The summed E-state index contributed by atoms with van der Waals surface area (Å²) in [6, 6.07) is 2.02. The largest absolute Gasteiger partial charge is 0.382 e. The number of anilines is 1. The van der Waals surface area contributed by atoms with Gasteiger partial charge in [0.25, 0.3) is 0 Å². The van der Waals surface area contributed by atoms with Crippen LogP contribution in [0.3, 0.4) is 0 Å². The Bertz CT molecular complexity index is 298. The van der Waals surface area contributed by atoms with Crippen LogP contribution in [0.4, 0.5) is 5.82 Å². The molecule has 1 aromatic heterocycles. The van der Waals surface area contributed by atoms with Crippen LogP contribution in [0, 0.1) is 11.8 Å². The second-order valence-corrected chi connectivity index (χ2v) is 4.45. The van der Waals surface area contributed by atoms with Gasteiger partial charge < -0.3 is 5.73 Å². The van der Waals surface area contributed by atoms with Crippen LogP contribution in [0.2, 0.25) is 0 Å². The third kappa shape index (κ3) is 1.32. The Balaban J connectivity index is 1.86. The van der Waals surface area contributed by atoms with Crippen molar-refractivity contribution in [3.05, 3.63) is 11.8 Å². The zero-order chi connectivity index (χ0) is 8.84. The Kier molecular flexibility index (Phi) is 1.43. The highest BCUT2D eigenvalue weighted by atomic mass is 15.2. The molecule has 2 aliphatic rings. The summed E-state index contributed by atoms with van der Waals surface area (Å²) in [6.07, 6.45) is 5.61. The zero-order valence-electron chi connectivity index (χ0n) is 7.66. The molecule has 0 amide bonds. The van der Waals surface area contributed by atoms with Gasteiger partial charge in [0.05, 0.1) is 0 Å². The number of nitrogens with two attached hydrogens (primary N) is 1. The van der Waals surface area contributed by atoms with Gasteiger partial charge in [-0.05, 0) is 37.5 Å². The Morgan fingerprint density at radius 2 is 1.92 bits per heavy atom. The number of hydrogen-bond acceptors (Lipinski definition) is 2. The molecular formula is C10H15N3. The molecule has 3 heteroatoms. The second kappa shape index (κ2) is 2.50. The van der Waals surface area contributed by atoms with Crippen LogP contribution in [0.5, 0.6) is 0 Å². The van der Waals surface area contributed by atoms with Crippen LogP contribution < -0.4 is 5.73 Å².